The lowest BCUT2D eigenvalue weighted by atomic mass is 9.83. The van der Waals surface area contributed by atoms with E-state index in [1.54, 1.807) is 0 Å². The van der Waals surface area contributed by atoms with E-state index < -0.39 is 0 Å². The third-order valence-corrected chi connectivity index (χ3v) is 4.70. The molecular formula is C15H28N2O2. The fourth-order valence-corrected chi connectivity index (χ4v) is 3.66. The zero-order valence-electron chi connectivity index (χ0n) is 11.9. The third kappa shape index (κ3) is 4.18. The summed E-state index contributed by atoms with van der Waals surface area (Å²) in [6.07, 6.45) is 9.17. The number of rotatable bonds is 4. The smallest absolute Gasteiger partial charge is 0.223 e. The molecule has 1 saturated carbocycles. The van der Waals surface area contributed by atoms with E-state index in [2.05, 4.69) is 0 Å². The van der Waals surface area contributed by atoms with Crippen molar-refractivity contribution < 1.29 is 9.90 Å². The average Bonchev–Trinajstić information content (AvgIpc) is 2.39. The number of amides is 1. The molecule has 0 radical (unpaired) electrons. The van der Waals surface area contributed by atoms with Crippen LogP contribution in [0, 0.1) is 5.92 Å². The highest BCUT2D eigenvalue weighted by Crippen LogP contribution is 2.28. The van der Waals surface area contributed by atoms with Crippen molar-refractivity contribution in [3.8, 4) is 0 Å². The Hall–Kier alpha value is -0.610. The van der Waals surface area contributed by atoms with Crippen molar-refractivity contribution in [2.24, 2.45) is 11.7 Å². The van der Waals surface area contributed by atoms with Crippen molar-refractivity contribution in [1.82, 2.24) is 4.90 Å². The van der Waals surface area contributed by atoms with Gasteiger partial charge in [-0.15, -0.1) is 0 Å². The maximum Gasteiger partial charge on any atom is 0.223 e. The summed E-state index contributed by atoms with van der Waals surface area (Å²) in [5.74, 6) is 0.769. The molecule has 19 heavy (non-hydrogen) atoms. The van der Waals surface area contributed by atoms with E-state index in [1.165, 1.54) is 12.8 Å². The van der Waals surface area contributed by atoms with Gasteiger partial charge in [-0.2, -0.15) is 0 Å². The first-order chi connectivity index (χ1) is 9.20. The van der Waals surface area contributed by atoms with E-state index in [9.17, 15) is 4.79 Å². The maximum atomic E-state index is 12.5. The minimum absolute atomic E-state index is 0.183. The molecule has 1 amide bonds. The number of hydrogen-bond donors (Lipinski definition) is 2. The quantitative estimate of drug-likeness (QED) is 0.815. The molecule has 0 aromatic rings. The van der Waals surface area contributed by atoms with Crippen LogP contribution in [0.4, 0.5) is 0 Å². The monoisotopic (exact) mass is 268 g/mol. The summed E-state index contributed by atoms with van der Waals surface area (Å²) in [5.41, 5.74) is 6.00. The van der Waals surface area contributed by atoms with Crippen molar-refractivity contribution in [3.63, 3.8) is 0 Å². The van der Waals surface area contributed by atoms with Gasteiger partial charge in [0.15, 0.2) is 0 Å². The fourth-order valence-electron chi connectivity index (χ4n) is 3.66. The Morgan fingerprint density at radius 1 is 1.21 bits per heavy atom. The van der Waals surface area contributed by atoms with Crippen LogP contribution in [-0.4, -0.2) is 41.1 Å². The van der Waals surface area contributed by atoms with Gasteiger partial charge in [-0.1, -0.05) is 6.42 Å². The molecule has 0 aromatic carbocycles. The van der Waals surface area contributed by atoms with Gasteiger partial charge in [0.1, 0.15) is 0 Å². The highest BCUT2D eigenvalue weighted by molar-refractivity contribution is 5.77. The molecule has 1 aliphatic heterocycles. The van der Waals surface area contributed by atoms with Crippen LogP contribution in [0.1, 0.15) is 57.8 Å². The first kappa shape index (κ1) is 14.8. The number of piperidine rings is 1. The van der Waals surface area contributed by atoms with E-state index in [1.807, 2.05) is 4.90 Å². The molecule has 1 heterocycles. The lowest BCUT2D eigenvalue weighted by molar-refractivity contribution is -0.136. The molecule has 0 bridgehead atoms. The lowest BCUT2D eigenvalue weighted by Gasteiger charge is -2.37. The van der Waals surface area contributed by atoms with Gasteiger partial charge >= 0.3 is 0 Å². The van der Waals surface area contributed by atoms with Crippen LogP contribution in [0.15, 0.2) is 0 Å². The summed E-state index contributed by atoms with van der Waals surface area (Å²) < 4.78 is 0. The predicted molar refractivity (Wildman–Crippen MR) is 75.6 cm³/mol. The van der Waals surface area contributed by atoms with Gasteiger partial charge in [-0.25, -0.2) is 0 Å². The van der Waals surface area contributed by atoms with Crippen LogP contribution >= 0.6 is 0 Å². The number of carbonyl (C=O) groups is 1. The Kier molecular flexibility index (Phi) is 5.64. The van der Waals surface area contributed by atoms with Crippen LogP contribution in [-0.2, 0) is 4.79 Å². The zero-order valence-corrected chi connectivity index (χ0v) is 11.9. The Bertz CT molecular complexity index is 294. The minimum Gasteiger partial charge on any atom is -0.396 e. The number of aliphatic hydroxyl groups excluding tert-OH is 1. The van der Waals surface area contributed by atoms with Crippen molar-refractivity contribution in [1.29, 1.82) is 0 Å². The molecule has 3 unspecified atom stereocenters. The van der Waals surface area contributed by atoms with E-state index >= 15 is 0 Å². The van der Waals surface area contributed by atoms with Crippen LogP contribution in [0.5, 0.6) is 0 Å². The molecule has 2 rings (SSSR count). The maximum absolute atomic E-state index is 12.5. The Morgan fingerprint density at radius 2 is 2.05 bits per heavy atom. The van der Waals surface area contributed by atoms with Crippen LogP contribution in [0.3, 0.4) is 0 Å². The normalized spacial score (nSPS) is 32.3. The molecule has 0 spiro atoms. The second-order valence-electron chi connectivity index (χ2n) is 6.25. The predicted octanol–water partition coefficient (Wildman–Crippen LogP) is 1.66. The molecule has 3 N–H and O–H groups in total. The molecule has 1 aliphatic carbocycles. The second-order valence-corrected chi connectivity index (χ2v) is 6.25. The number of hydrogen-bond acceptors (Lipinski definition) is 3. The highest BCUT2D eigenvalue weighted by atomic mass is 16.3. The Morgan fingerprint density at radius 3 is 2.79 bits per heavy atom. The van der Waals surface area contributed by atoms with Gasteiger partial charge in [0, 0.05) is 31.7 Å². The summed E-state index contributed by atoms with van der Waals surface area (Å²) in [5, 5.41) is 9.12. The molecule has 1 saturated heterocycles. The van der Waals surface area contributed by atoms with Crippen molar-refractivity contribution in [2.45, 2.75) is 69.9 Å². The fraction of sp³-hybridized carbons (Fsp3) is 0.933. The number of carbonyl (C=O) groups excluding carboxylic acids is 1. The van der Waals surface area contributed by atoms with Gasteiger partial charge in [0.2, 0.25) is 5.91 Å². The minimum atomic E-state index is 0.183. The van der Waals surface area contributed by atoms with Crippen LogP contribution in [0.25, 0.3) is 0 Å². The zero-order chi connectivity index (χ0) is 13.7. The van der Waals surface area contributed by atoms with Crippen molar-refractivity contribution >= 4 is 5.91 Å². The molecular weight excluding hydrogens is 240 g/mol. The second kappa shape index (κ2) is 7.25. The van der Waals surface area contributed by atoms with Gasteiger partial charge in [0.25, 0.3) is 0 Å². The van der Waals surface area contributed by atoms with E-state index in [4.69, 9.17) is 10.8 Å². The number of nitrogens with two attached hydrogens (primary N) is 1. The first-order valence-electron chi connectivity index (χ1n) is 7.86. The highest BCUT2D eigenvalue weighted by Gasteiger charge is 2.29. The molecule has 4 nitrogen and oxygen atoms in total. The summed E-state index contributed by atoms with van der Waals surface area (Å²) in [7, 11) is 0. The summed E-state index contributed by atoms with van der Waals surface area (Å²) in [4.78, 5) is 14.5. The van der Waals surface area contributed by atoms with Gasteiger partial charge in [-0.05, 0) is 50.9 Å². The molecule has 2 fully saturated rings. The van der Waals surface area contributed by atoms with Crippen molar-refractivity contribution in [2.75, 3.05) is 13.2 Å². The van der Waals surface area contributed by atoms with Crippen molar-refractivity contribution in [3.05, 3.63) is 0 Å². The van der Waals surface area contributed by atoms with Crippen LogP contribution < -0.4 is 5.73 Å². The lowest BCUT2D eigenvalue weighted by Crippen LogP contribution is -2.45. The molecule has 4 heteroatoms. The van der Waals surface area contributed by atoms with E-state index in [0.717, 1.165) is 45.1 Å². The van der Waals surface area contributed by atoms with E-state index in [-0.39, 0.29) is 18.6 Å². The van der Waals surface area contributed by atoms with Gasteiger partial charge in [-0.3, -0.25) is 4.79 Å². The molecule has 0 aromatic heterocycles. The third-order valence-electron chi connectivity index (χ3n) is 4.70. The molecule has 3 atom stereocenters. The van der Waals surface area contributed by atoms with E-state index in [0.29, 0.717) is 18.4 Å². The van der Waals surface area contributed by atoms with Gasteiger partial charge in [0.05, 0.1) is 0 Å². The molecule has 110 valence electrons. The Balaban J connectivity index is 1.86. The summed E-state index contributed by atoms with van der Waals surface area (Å²) in [6, 6.07) is 0.560. The summed E-state index contributed by atoms with van der Waals surface area (Å²) >= 11 is 0. The largest absolute Gasteiger partial charge is 0.396 e. The number of aliphatic hydroxyl groups is 1. The SMILES string of the molecule is NC1CCCC(CC(=O)N2CCCCC2CCO)C1. The van der Waals surface area contributed by atoms with Gasteiger partial charge < -0.3 is 15.7 Å². The standard InChI is InChI=1S/C15H28N2O2/c16-13-5-3-4-12(10-13)11-15(19)17-8-2-1-6-14(17)7-9-18/h12-14,18H,1-11,16H2. The molecule has 2 aliphatic rings. The topological polar surface area (TPSA) is 66.6 Å². The average molecular weight is 268 g/mol. The van der Waals surface area contributed by atoms with Crippen LogP contribution in [0.2, 0.25) is 0 Å². The summed E-state index contributed by atoms with van der Waals surface area (Å²) in [6.45, 7) is 1.06. The first-order valence-corrected chi connectivity index (χ1v) is 7.86. The number of likely N-dealkylation sites (tertiary alicyclic amines) is 1. The Labute approximate surface area is 116 Å². The number of nitrogens with zero attached hydrogens (tertiary/aromatic N) is 1.